The second-order valence-electron chi connectivity index (χ2n) is 12.3. The average Bonchev–Trinajstić information content (AvgIpc) is 3.43. The number of benzene rings is 1. The molecule has 6 rings (SSSR count). The van der Waals surface area contributed by atoms with Crippen molar-refractivity contribution in [2.75, 3.05) is 56.2 Å². The summed E-state index contributed by atoms with van der Waals surface area (Å²) in [5, 5.41) is 9.53. The highest BCUT2D eigenvalue weighted by Crippen LogP contribution is 2.38. The van der Waals surface area contributed by atoms with Gasteiger partial charge in [-0.1, -0.05) is 24.8 Å². The van der Waals surface area contributed by atoms with Crippen molar-refractivity contribution in [3.8, 4) is 12.1 Å². The molecule has 4 aliphatic rings. The third kappa shape index (κ3) is 5.57. The largest absolute Gasteiger partial charge is 0.462 e. The van der Waals surface area contributed by atoms with Crippen LogP contribution in [-0.2, 0) is 24.1 Å². The second-order valence-corrected chi connectivity index (χ2v) is 12.3. The van der Waals surface area contributed by atoms with Gasteiger partial charge in [0.2, 0.25) is 5.91 Å². The zero-order valence-electron chi connectivity index (χ0n) is 25.1. The standard InChI is InChI=1S/C33H43N7O2/c1-4-30(41)39-19-18-38(21-26(39)14-15-34)32-28-13-12-25(40-17-6-10-24-9-5-8-23(2)31(24)40)20-29(28)35-33(36-32)42-22-27-11-7-16-37(27)3/h4-5,8-9,25-27H,1,6-7,10-14,16-22H2,2-3H3/t25-,26+,27+/m1/s1. The topological polar surface area (TPSA) is 88.8 Å². The first-order valence-electron chi connectivity index (χ1n) is 15.6. The molecule has 1 amide bonds. The highest BCUT2D eigenvalue weighted by Gasteiger charge is 2.35. The summed E-state index contributed by atoms with van der Waals surface area (Å²) in [6.45, 7) is 10.4. The fraction of sp³-hybridized carbons (Fsp3) is 0.576. The Morgan fingerprint density at radius 3 is 2.81 bits per heavy atom. The van der Waals surface area contributed by atoms with Gasteiger partial charge in [-0.3, -0.25) is 4.79 Å². The molecule has 9 heteroatoms. The van der Waals surface area contributed by atoms with E-state index in [9.17, 15) is 10.1 Å². The normalized spacial score (nSPS) is 24.1. The summed E-state index contributed by atoms with van der Waals surface area (Å²) in [7, 11) is 2.16. The van der Waals surface area contributed by atoms with Crippen LogP contribution in [0.25, 0.3) is 0 Å². The molecule has 0 radical (unpaired) electrons. The Hall–Kier alpha value is -3.64. The van der Waals surface area contributed by atoms with E-state index in [1.54, 1.807) is 4.90 Å². The molecule has 0 N–H and O–H groups in total. The molecule has 9 nitrogen and oxygen atoms in total. The number of carbonyl (C=O) groups excluding carboxylic acids is 1. The maximum absolute atomic E-state index is 12.5. The summed E-state index contributed by atoms with van der Waals surface area (Å²) in [5.74, 6) is 0.793. The number of nitrogens with zero attached hydrogens (tertiary/aromatic N) is 7. The Labute approximate surface area is 249 Å². The Kier molecular flexibility index (Phi) is 8.34. The van der Waals surface area contributed by atoms with E-state index in [2.05, 4.69) is 59.5 Å². The molecule has 42 heavy (non-hydrogen) atoms. The van der Waals surface area contributed by atoms with Crippen LogP contribution in [0.5, 0.6) is 6.01 Å². The third-order valence-corrected chi connectivity index (χ3v) is 9.74. The van der Waals surface area contributed by atoms with Crippen LogP contribution in [-0.4, -0.2) is 90.2 Å². The predicted molar refractivity (Wildman–Crippen MR) is 164 cm³/mol. The van der Waals surface area contributed by atoms with Crippen molar-refractivity contribution in [3.63, 3.8) is 0 Å². The molecular formula is C33H43N7O2. The minimum atomic E-state index is -0.208. The van der Waals surface area contributed by atoms with Gasteiger partial charge in [-0.05, 0) is 76.2 Å². The van der Waals surface area contributed by atoms with Crippen LogP contribution in [0, 0.1) is 18.3 Å². The number of rotatable bonds is 7. The van der Waals surface area contributed by atoms with Crippen molar-refractivity contribution < 1.29 is 9.53 Å². The molecule has 2 fully saturated rings. The van der Waals surface area contributed by atoms with E-state index in [1.165, 1.54) is 41.3 Å². The quantitative estimate of drug-likeness (QED) is 0.467. The van der Waals surface area contributed by atoms with Crippen LogP contribution >= 0.6 is 0 Å². The maximum Gasteiger partial charge on any atom is 0.318 e. The van der Waals surface area contributed by atoms with Crippen molar-refractivity contribution in [1.82, 2.24) is 19.8 Å². The zero-order valence-corrected chi connectivity index (χ0v) is 25.1. The molecule has 3 atom stereocenters. The van der Waals surface area contributed by atoms with E-state index in [4.69, 9.17) is 14.7 Å². The van der Waals surface area contributed by atoms with E-state index in [1.807, 2.05) is 0 Å². The van der Waals surface area contributed by atoms with Crippen molar-refractivity contribution in [1.29, 1.82) is 5.26 Å². The lowest BCUT2D eigenvalue weighted by atomic mass is 9.88. The SMILES string of the molecule is C=CC(=O)N1CCN(c2nc(OC[C@@H]3CCCN3C)nc3c2CC[C@@H](N2CCCc4cccc(C)c42)C3)C[C@@H]1CC#N. The molecule has 222 valence electrons. The van der Waals surface area contributed by atoms with Gasteiger partial charge in [-0.2, -0.15) is 15.2 Å². The number of ether oxygens (including phenoxy) is 1. The van der Waals surface area contributed by atoms with Gasteiger partial charge in [-0.15, -0.1) is 0 Å². The van der Waals surface area contributed by atoms with Crippen molar-refractivity contribution >= 4 is 17.4 Å². The third-order valence-electron chi connectivity index (χ3n) is 9.74. The van der Waals surface area contributed by atoms with Gasteiger partial charge in [0.1, 0.15) is 12.4 Å². The minimum Gasteiger partial charge on any atom is -0.462 e. The molecule has 1 aliphatic carbocycles. The highest BCUT2D eigenvalue weighted by atomic mass is 16.5. The van der Waals surface area contributed by atoms with Gasteiger partial charge < -0.3 is 24.3 Å². The Balaban J connectivity index is 1.31. The fourth-order valence-corrected chi connectivity index (χ4v) is 7.49. The average molecular weight is 570 g/mol. The van der Waals surface area contributed by atoms with Crippen LogP contribution in [0.4, 0.5) is 11.5 Å². The number of amides is 1. The van der Waals surface area contributed by atoms with Crippen molar-refractivity contribution in [2.45, 2.75) is 76.4 Å². The van der Waals surface area contributed by atoms with Crippen LogP contribution in [0.1, 0.15) is 54.5 Å². The lowest BCUT2D eigenvalue weighted by molar-refractivity contribution is -0.128. The van der Waals surface area contributed by atoms with E-state index in [0.717, 1.165) is 56.7 Å². The number of nitriles is 1. The summed E-state index contributed by atoms with van der Waals surface area (Å²) < 4.78 is 6.33. The number of hydrogen-bond acceptors (Lipinski definition) is 8. The number of likely N-dealkylation sites (tertiary alicyclic amines) is 1. The number of aryl methyl sites for hydroxylation is 2. The molecule has 4 heterocycles. The van der Waals surface area contributed by atoms with E-state index < -0.39 is 0 Å². The summed E-state index contributed by atoms with van der Waals surface area (Å²) >= 11 is 0. The molecule has 0 saturated carbocycles. The maximum atomic E-state index is 12.5. The highest BCUT2D eigenvalue weighted by molar-refractivity contribution is 5.87. The Morgan fingerprint density at radius 1 is 1.14 bits per heavy atom. The summed E-state index contributed by atoms with van der Waals surface area (Å²) in [4.78, 5) is 31.6. The van der Waals surface area contributed by atoms with Gasteiger partial charge in [0, 0.05) is 55.9 Å². The lowest BCUT2D eigenvalue weighted by Gasteiger charge is -2.43. The lowest BCUT2D eigenvalue weighted by Crippen LogP contribution is -2.55. The number of aromatic nitrogens is 2. The molecule has 2 saturated heterocycles. The molecule has 0 bridgehead atoms. The number of hydrogen-bond donors (Lipinski definition) is 0. The minimum absolute atomic E-state index is 0.121. The van der Waals surface area contributed by atoms with Crippen LogP contribution in [0.3, 0.4) is 0 Å². The number of fused-ring (bicyclic) bond motifs is 2. The first kappa shape index (κ1) is 28.5. The first-order chi connectivity index (χ1) is 20.5. The molecule has 0 spiro atoms. The van der Waals surface area contributed by atoms with Crippen molar-refractivity contribution in [3.05, 3.63) is 53.2 Å². The molecule has 0 unspecified atom stereocenters. The molecule has 1 aromatic carbocycles. The first-order valence-corrected chi connectivity index (χ1v) is 15.6. The van der Waals surface area contributed by atoms with E-state index in [-0.39, 0.29) is 18.4 Å². The summed E-state index contributed by atoms with van der Waals surface area (Å²) in [6, 6.07) is 9.97. The number of anilines is 2. The summed E-state index contributed by atoms with van der Waals surface area (Å²) in [6.07, 6.45) is 9.04. The molecule has 1 aromatic heterocycles. The van der Waals surface area contributed by atoms with Gasteiger partial charge >= 0.3 is 6.01 Å². The Bertz CT molecular complexity index is 1370. The van der Waals surface area contributed by atoms with Gasteiger partial charge in [0.25, 0.3) is 0 Å². The van der Waals surface area contributed by atoms with Crippen LogP contribution in [0.15, 0.2) is 30.9 Å². The van der Waals surface area contributed by atoms with Gasteiger partial charge in [0.05, 0.1) is 24.2 Å². The smallest absolute Gasteiger partial charge is 0.318 e. The van der Waals surface area contributed by atoms with Crippen LogP contribution in [0.2, 0.25) is 0 Å². The van der Waals surface area contributed by atoms with Crippen LogP contribution < -0.4 is 14.5 Å². The Morgan fingerprint density at radius 2 is 2.02 bits per heavy atom. The van der Waals surface area contributed by atoms with E-state index in [0.29, 0.717) is 44.3 Å². The van der Waals surface area contributed by atoms with E-state index >= 15 is 0 Å². The number of para-hydroxylation sites is 1. The van der Waals surface area contributed by atoms with Crippen molar-refractivity contribution in [2.24, 2.45) is 0 Å². The van der Waals surface area contributed by atoms with Gasteiger partial charge in [-0.25, -0.2) is 0 Å². The molecule has 3 aliphatic heterocycles. The van der Waals surface area contributed by atoms with Gasteiger partial charge in [0.15, 0.2) is 0 Å². The fourth-order valence-electron chi connectivity index (χ4n) is 7.49. The zero-order chi connectivity index (χ0) is 29.2. The summed E-state index contributed by atoms with van der Waals surface area (Å²) in [5.41, 5.74) is 6.48. The molecule has 2 aromatic rings. The molecular weight excluding hydrogens is 526 g/mol. The number of likely N-dealkylation sites (N-methyl/N-ethyl adjacent to an activating group) is 1. The predicted octanol–water partition coefficient (Wildman–Crippen LogP) is 3.69. The second kappa shape index (κ2) is 12.3. The number of carbonyl (C=O) groups is 1. The number of piperazine rings is 1. The monoisotopic (exact) mass is 569 g/mol.